The van der Waals surface area contributed by atoms with E-state index < -0.39 is 0 Å². The third-order valence-electron chi connectivity index (χ3n) is 5.24. The van der Waals surface area contributed by atoms with E-state index in [0.29, 0.717) is 0 Å². The van der Waals surface area contributed by atoms with Crippen LogP contribution in [0, 0.1) is 23.2 Å². The van der Waals surface area contributed by atoms with E-state index in [-0.39, 0.29) is 0 Å². The summed E-state index contributed by atoms with van der Waals surface area (Å²) < 4.78 is 0. The highest BCUT2D eigenvalue weighted by atomic mass is 14.6. The van der Waals surface area contributed by atoms with E-state index in [4.69, 9.17) is 0 Å². The molecular weight excluding hydrogens is 156 g/mol. The Morgan fingerprint density at radius 2 is 1.92 bits per heavy atom. The Labute approximate surface area is 82.1 Å². The summed E-state index contributed by atoms with van der Waals surface area (Å²) in [6, 6.07) is 0. The Bertz CT molecular complexity index is 196. The summed E-state index contributed by atoms with van der Waals surface area (Å²) in [5.74, 6) is 3.48. The molecule has 0 N–H and O–H groups in total. The normalized spacial score (nSPS) is 53.8. The first-order valence-electron chi connectivity index (χ1n) is 6.34. The molecule has 0 nitrogen and oxygen atoms in total. The second kappa shape index (κ2) is 2.74. The van der Waals surface area contributed by atoms with Gasteiger partial charge >= 0.3 is 0 Å². The van der Waals surface area contributed by atoms with Gasteiger partial charge in [-0.15, -0.1) is 0 Å². The van der Waals surface area contributed by atoms with Gasteiger partial charge in [0, 0.05) is 0 Å². The van der Waals surface area contributed by atoms with Crippen molar-refractivity contribution < 1.29 is 0 Å². The van der Waals surface area contributed by atoms with Gasteiger partial charge in [-0.2, -0.15) is 0 Å². The molecule has 0 aromatic carbocycles. The summed E-state index contributed by atoms with van der Waals surface area (Å²) in [5.41, 5.74) is 0.862. The molecule has 3 aliphatic rings. The van der Waals surface area contributed by atoms with Gasteiger partial charge in [0.05, 0.1) is 0 Å². The average Bonchev–Trinajstić information content (AvgIpc) is 2.76. The van der Waals surface area contributed by atoms with E-state index in [1.54, 1.807) is 32.1 Å². The topological polar surface area (TPSA) is 0 Å². The van der Waals surface area contributed by atoms with Crippen molar-refractivity contribution in [2.75, 3.05) is 0 Å². The molecular formula is C13H22. The number of hydrogen-bond donors (Lipinski definition) is 0. The summed E-state index contributed by atoms with van der Waals surface area (Å²) in [7, 11) is 0. The second-order valence-electron chi connectivity index (χ2n) is 5.88. The first kappa shape index (κ1) is 8.32. The molecule has 13 heavy (non-hydrogen) atoms. The molecule has 1 spiro atoms. The lowest BCUT2D eigenvalue weighted by molar-refractivity contribution is 0.0823. The second-order valence-corrected chi connectivity index (χ2v) is 5.88. The van der Waals surface area contributed by atoms with Crippen molar-refractivity contribution in [2.45, 2.75) is 58.3 Å². The molecule has 0 heterocycles. The van der Waals surface area contributed by atoms with E-state index in [1.165, 1.54) is 31.1 Å². The van der Waals surface area contributed by atoms with Gasteiger partial charge in [-0.05, 0) is 55.3 Å². The van der Waals surface area contributed by atoms with Crippen LogP contribution < -0.4 is 0 Å². The molecule has 74 valence electrons. The third-order valence-corrected chi connectivity index (χ3v) is 5.24. The maximum Gasteiger partial charge on any atom is -0.0264 e. The minimum absolute atomic E-state index is 0.862. The fourth-order valence-electron chi connectivity index (χ4n) is 4.49. The van der Waals surface area contributed by atoms with Crippen LogP contribution in [0.2, 0.25) is 0 Å². The summed E-state index contributed by atoms with van der Waals surface area (Å²) in [6.07, 6.45) is 12.5. The molecule has 0 aliphatic heterocycles. The van der Waals surface area contributed by atoms with Crippen LogP contribution in [-0.2, 0) is 0 Å². The van der Waals surface area contributed by atoms with Crippen molar-refractivity contribution in [1.82, 2.24) is 0 Å². The summed E-state index contributed by atoms with van der Waals surface area (Å²) in [6.45, 7) is 2.42. The maximum absolute atomic E-state index is 2.42. The zero-order valence-corrected chi connectivity index (χ0v) is 8.89. The molecule has 3 unspecified atom stereocenters. The SMILES string of the molecule is CCC1CCCCC12CC1CC1C2. The Balaban J connectivity index is 1.78. The molecule has 3 rings (SSSR count). The van der Waals surface area contributed by atoms with Crippen molar-refractivity contribution in [3.8, 4) is 0 Å². The lowest BCUT2D eigenvalue weighted by Gasteiger charge is -2.42. The molecule has 0 amide bonds. The molecule has 0 bridgehead atoms. The van der Waals surface area contributed by atoms with E-state index in [0.717, 1.165) is 11.3 Å². The highest BCUT2D eigenvalue weighted by Gasteiger charge is 2.56. The van der Waals surface area contributed by atoms with Crippen LogP contribution in [0.3, 0.4) is 0 Å². The molecule has 0 aromatic rings. The lowest BCUT2D eigenvalue weighted by Crippen LogP contribution is -2.32. The van der Waals surface area contributed by atoms with Crippen molar-refractivity contribution in [3.05, 3.63) is 0 Å². The van der Waals surface area contributed by atoms with Gasteiger partial charge in [0.15, 0.2) is 0 Å². The Kier molecular flexibility index (Phi) is 1.76. The van der Waals surface area contributed by atoms with Gasteiger partial charge in [0.25, 0.3) is 0 Å². The van der Waals surface area contributed by atoms with Gasteiger partial charge in [-0.3, -0.25) is 0 Å². The Morgan fingerprint density at radius 1 is 1.15 bits per heavy atom. The molecule has 0 saturated heterocycles. The van der Waals surface area contributed by atoms with Crippen LogP contribution in [0.4, 0.5) is 0 Å². The fourth-order valence-corrected chi connectivity index (χ4v) is 4.49. The van der Waals surface area contributed by atoms with Gasteiger partial charge in [-0.25, -0.2) is 0 Å². The largest absolute Gasteiger partial charge is 0.0651 e. The van der Waals surface area contributed by atoms with E-state index >= 15 is 0 Å². The quantitative estimate of drug-likeness (QED) is 0.569. The molecule has 3 fully saturated rings. The monoisotopic (exact) mass is 178 g/mol. The third kappa shape index (κ3) is 1.17. The summed E-state index contributed by atoms with van der Waals surface area (Å²) >= 11 is 0. The standard InChI is InChI=1S/C13H22/c1-2-12-5-3-4-6-13(12)8-10-7-11(10)9-13/h10-12H,2-9H2,1H3. The number of rotatable bonds is 1. The summed E-state index contributed by atoms with van der Waals surface area (Å²) in [4.78, 5) is 0. The van der Waals surface area contributed by atoms with Gasteiger partial charge in [0.2, 0.25) is 0 Å². The van der Waals surface area contributed by atoms with Crippen LogP contribution in [0.5, 0.6) is 0 Å². The minimum Gasteiger partial charge on any atom is -0.0651 e. The maximum atomic E-state index is 2.42. The number of fused-ring (bicyclic) bond motifs is 1. The zero-order valence-electron chi connectivity index (χ0n) is 8.89. The van der Waals surface area contributed by atoms with E-state index in [9.17, 15) is 0 Å². The van der Waals surface area contributed by atoms with Crippen molar-refractivity contribution in [3.63, 3.8) is 0 Å². The van der Waals surface area contributed by atoms with Gasteiger partial charge < -0.3 is 0 Å². The van der Waals surface area contributed by atoms with E-state index in [2.05, 4.69) is 6.92 Å². The summed E-state index contributed by atoms with van der Waals surface area (Å²) in [5, 5.41) is 0. The average molecular weight is 178 g/mol. The Hall–Kier alpha value is 0. The van der Waals surface area contributed by atoms with Gasteiger partial charge in [0.1, 0.15) is 0 Å². The van der Waals surface area contributed by atoms with E-state index in [1.807, 2.05) is 0 Å². The van der Waals surface area contributed by atoms with Gasteiger partial charge in [-0.1, -0.05) is 26.2 Å². The van der Waals surface area contributed by atoms with Crippen molar-refractivity contribution in [2.24, 2.45) is 23.2 Å². The molecule has 0 aromatic heterocycles. The highest BCUT2D eigenvalue weighted by Crippen LogP contribution is 2.66. The first-order chi connectivity index (χ1) is 6.34. The predicted octanol–water partition coefficient (Wildman–Crippen LogP) is 4.00. The molecule has 3 saturated carbocycles. The Morgan fingerprint density at radius 3 is 2.62 bits per heavy atom. The molecule has 3 aliphatic carbocycles. The van der Waals surface area contributed by atoms with Crippen LogP contribution in [0.25, 0.3) is 0 Å². The zero-order chi connectivity index (χ0) is 8.89. The van der Waals surface area contributed by atoms with Crippen LogP contribution in [0.1, 0.15) is 58.3 Å². The van der Waals surface area contributed by atoms with Crippen LogP contribution in [0.15, 0.2) is 0 Å². The van der Waals surface area contributed by atoms with Crippen LogP contribution in [-0.4, -0.2) is 0 Å². The molecule has 3 atom stereocenters. The highest BCUT2D eigenvalue weighted by molar-refractivity contribution is 5.06. The molecule has 0 radical (unpaired) electrons. The lowest BCUT2D eigenvalue weighted by atomic mass is 9.63. The van der Waals surface area contributed by atoms with Crippen molar-refractivity contribution in [1.29, 1.82) is 0 Å². The number of hydrogen-bond acceptors (Lipinski definition) is 0. The fraction of sp³-hybridized carbons (Fsp3) is 1.00. The minimum atomic E-state index is 0.862. The van der Waals surface area contributed by atoms with Crippen molar-refractivity contribution >= 4 is 0 Å². The van der Waals surface area contributed by atoms with Crippen LogP contribution >= 0.6 is 0 Å². The predicted molar refractivity (Wildman–Crippen MR) is 55.5 cm³/mol. The smallest absolute Gasteiger partial charge is 0.0264 e. The molecule has 0 heteroatoms. The first-order valence-corrected chi connectivity index (χ1v) is 6.34.